The van der Waals surface area contributed by atoms with E-state index in [1.807, 2.05) is 19.1 Å². The van der Waals surface area contributed by atoms with Gasteiger partial charge in [0.2, 0.25) is 0 Å². The van der Waals surface area contributed by atoms with Crippen LogP contribution < -0.4 is 15.0 Å². The summed E-state index contributed by atoms with van der Waals surface area (Å²) in [4.78, 5) is 43.0. The van der Waals surface area contributed by atoms with Crippen LogP contribution in [-0.2, 0) is 17.8 Å². The van der Waals surface area contributed by atoms with Gasteiger partial charge in [-0.3, -0.25) is 14.6 Å². The van der Waals surface area contributed by atoms with Gasteiger partial charge in [-0.1, -0.05) is 13.0 Å². The molecule has 1 aliphatic heterocycles. The van der Waals surface area contributed by atoms with Gasteiger partial charge in [0.25, 0.3) is 11.5 Å². The molecular formula is C22H23N5O4. The second-order valence-electron chi connectivity index (χ2n) is 7.13. The first-order valence-electron chi connectivity index (χ1n) is 10.1. The molecule has 0 radical (unpaired) electrons. The second-order valence-corrected chi connectivity index (χ2v) is 7.13. The quantitative estimate of drug-likeness (QED) is 0.648. The lowest BCUT2D eigenvalue weighted by Crippen LogP contribution is -2.45. The van der Waals surface area contributed by atoms with Gasteiger partial charge >= 0.3 is 0 Å². The highest BCUT2D eigenvalue weighted by molar-refractivity contribution is 5.81. The Hall–Kier alpha value is -3.75. The SMILES string of the molecule is CC[C@@H](Oc1cccc(OC)c1)C(=O)N1CCc2nc(-c3cnccn3)[nH]c(=O)c2C1. The van der Waals surface area contributed by atoms with Crippen LogP contribution in [0.3, 0.4) is 0 Å². The number of carbonyl (C=O) groups is 1. The number of carbonyl (C=O) groups excluding carboxylic acids is 1. The van der Waals surface area contributed by atoms with Crippen molar-refractivity contribution in [2.24, 2.45) is 0 Å². The number of nitrogens with one attached hydrogen (secondary N) is 1. The van der Waals surface area contributed by atoms with Crippen molar-refractivity contribution < 1.29 is 14.3 Å². The van der Waals surface area contributed by atoms with E-state index < -0.39 is 6.10 Å². The summed E-state index contributed by atoms with van der Waals surface area (Å²) in [6, 6.07) is 7.14. The molecule has 0 spiro atoms. The molecule has 0 unspecified atom stereocenters. The van der Waals surface area contributed by atoms with Crippen molar-refractivity contribution in [3.8, 4) is 23.0 Å². The van der Waals surface area contributed by atoms with E-state index in [4.69, 9.17) is 9.47 Å². The maximum absolute atomic E-state index is 13.1. The van der Waals surface area contributed by atoms with Crippen molar-refractivity contribution in [1.29, 1.82) is 0 Å². The zero-order valence-corrected chi connectivity index (χ0v) is 17.4. The van der Waals surface area contributed by atoms with Gasteiger partial charge in [0.15, 0.2) is 11.9 Å². The minimum atomic E-state index is -0.653. The average molecular weight is 421 g/mol. The molecule has 1 aromatic carbocycles. The monoisotopic (exact) mass is 421 g/mol. The number of fused-ring (bicyclic) bond motifs is 1. The topological polar surface area (TPSA) is 110 Å². The minimum absolute atomic E-state index is 0.159. The lowest BCUT2D eigenvalue weighted by Gasteiger charge is -2.31. The molecule has 2 aromatic heterocycles. The Labute approximate surface area is 179 Å². The normalized spacial score (nSPS) is 13.9. The van der Waals surface area contributed by atoms with Gasteiger partial charge in [-0.25, -0.2) is 9.97 Å². The Balaban J connectivity index is 1.52. The van der Waals surface area contributed by atoms with Crippen LogP contribution in [0.5, 0.6) is 11.5 Å². The highest BCUT2D eigenvalue weighted by atomic mass is 16.5. The number of methoxy groups -OCH3 is 1. The van der Waals surface area contributed by atoms with Crippen LogP contribution in [0.15, 0.2) is 47.7 Å². The second kappa shape index (κ2) is 8.95. The summed E-state index contributed by atoms with van der Waals surface area (Å²) >= 11 is 0. The molecule has 0 fully saturated rings. The van der Waals surface area contributed by atoms with Gasteiger partial charge in [-0.2, -0.15) is 0 Å². The summed E-state index contributed by atoms with van der Waals surface area (Å²) in [7, 11) is 1.58. The molecule has 160 valence electrons. The molecule has 1 atom stereocenters. The zero-order chi connectivity index (χ0) is 21.8. The number of aromatic amines is 1. The van der Waals surface area contributed by atoms with E-state index in [1.165, 1.54) is 0 Å². The predicted octanol–water partition coefficient (Wildman–Crippen LogP) is 1.98. The summed E-state index contributed by atoms with van der Waals surface area (Å²) in [5.41, 5.74) is 1.39. The summed E-state index contributed by atoms with van der Waals surface area (Å²) in [5.74, 6) is 1.44. The Morgan fingerprint density at radius 3 is 2.87 bits per heavy atom. The van der Waals surface area contributed by atoms with E-state index in [2.05, 4.69) is 19.9 Å². The van der Waals surface area contributed by atoms with Crippen molar-refractivity contribution in [3.05, 3.63) is 64.5 Å². The zero-order valence-electron chi connectivity index (χ0n) is 17.4. The third-order valence-corrected chi connectivity index (χ3v) is 5.15. The molecule has 0 aliphatic carbocycles. The molecule has 3 aromatic rings. The molecule has 9 heteroatoms. The van der Waals surface area contributed by atoms with Crippen molar-refractivity contribution in [2.45, 2.75) is 32.4 Å². The highest BCUT2D eigenvalue weighted by Crippen LogP contribution is 2.23. The summed E-state index contributed by atoms with van der Waals surface area (Å²) in [6.45, 7) is 2.54. The summed E-state index contributed by atoms with van der Waals surface area (Å²) < 4.78 is 11.1. The Bertz CT molecular complexity index is 1130. The van der Waals surface area contributed by atoms with Crippen molar-refractivity contribution >= 4 is 5.91 Å². The van der Waals surface area contributed by atoms with Gasteiger partial charge in [-0.05, 0) is 18.6 Å². The smallest absolute Gasteiger partial charge is 0.263 e. The van der Waals surface area contributed by atoms with E-state index in [1.54, 1.807) is 42.7 Å². The standard InChI is InChI=1S/C22H23N5O4/c1-3-19(31-15-6-4-5-14(11-15)30-2)22(29)27-10-7-17-16(13-27)21(28)26-20(25-17)18-12-23-8-9-24-18/h4-6,8-9,11-12,19H,3,7,10,13H2,1-2H3,(H,25,26,28)/t19-/m1/s1. The lowest BCUT2D eigenvalue weighted by atomic mass is 10.1. The van der Waals surface area contributed by atoms with Gasteiger partial charge in [0, 0.05) is 31.4 Å². The summed E-state index contributed by atoms with van der Waals surface area (Å²) in [5, 5.41) is 0. The number of amides is 1. The van der Waals surface area contributed by atoms with Crippen LogP contribution in [0.2, 0.25) is 0 Å². The first-order valence-corrected chi connectivity index (χ1v) is 10.1. The number of hydrogen-bond donors (Lipinski definition) is 1. The van der Waals surface area contributed by atoms with Crippen LogP contribution in [0.25, 0.3) is 11.5 Å². The molecule has 1 N–H and O–H groups in total. The highest BCUT2D eigenvalue weighted by Gasteiger charge is 2.30. The number of nitrogens with zero attached hydrogens (tertiary/aromatic N) is 4. The van der Waals surface area contributed by atoms with Crippen LogP contribution in [0.1, 0.15) is 24.6 Å². The predicted molar refractivity (Wildman–Crippen MR) is 113 cm³/mol. The van der Waals surface area contributed by atoms with Crippen LogP contribution in [0.4, 0.5) is 0 Å². The van der Waals surface area contributed by atoms with Gasteiger partial charge in [0.05, 0.1) is 31.1 Å². The number of H-pyrrole nitrogens is 1. The van der Waals surface area contributed by atoms with Crippen molar-refractivity contribution in [3.63, 3.8) is 0 Å². The molecule has 9 nitrogen and oxygen atoms in total. The molecule has 0 saturated heterocycles. The third-order valence-electron chi connectivity index (χ3n) is 5.15. The third kappa shape index (κ3) is 4.40. The molecule has 4 rings (SSSR count). The van der Waals surface area contributed by atoms with Crippen molar-refractivity contribution in [1.82, 2.24) is 24.8 Å². The number of hydrogen-bond acceptors (Lipinski definition) is 7. The molecular weight excluding hydrogens is 398 g/mol. The average Bonchev–Trinajstić information content (AvgIpc) is 2.82. The molecule has 0 bridgehead atoms. The van der Waals surface area contributed by atoms with Crippen LogP contribution >= 0.6 is 0 Å². The van der Waals surface area contributed by atoms with Crippen LogP contribution in [0, 0.1) is 0 Å². The largest absolute Gasteiger partial charge is 0.497 e. The van der Waals surface area contributed by atoms with E-state index >= 15 is 0 Å². The molecule has 1 aliphatic rings. The van der Waals surface area contributed by atoms with Gasteiger partial charge in [-0.15, -0.1) is 0 Å². The lowest BCUT2D eigenvalue weighted by molar-refractivity contribution is -0.139. The number of ether oxygens (including phenoxy) is 2. The Kier molecular flexibility index (Phi) is 5.92. The fourth-order valence-electron chi connectivity index (χ4n) is 3.51. The number of aromatic nitrogens is 4. The number of benzene rings is 1. The molecule has 0 saturated carbocycles. The minimum Gasteiger partial charge on any atom is -0.497 e. The molecule has 1 amide bonds. The van der Waals surface area contributed by atoms with Crippen LogP contribution in [-0.4, -0.2) is 50.5 Å². The fourth-order valence-corrected chi connectivity index (χ4v) is 3.51. The van der Waals surface area contributed by atoms with Gasteiger partial charge in [0.1, 0.15) is 17.2 Å². The molecule has 31 heavy (non-hydrogen) atoms. The summed E-state index contributed by atoms with van der Waals surface area (Å²) in [6.07, 6.45) is 4.97. The van der Waals surface area contributed by atoms with E-state index in [0.717, 1.165) is 0 Å². The molecule has 3 heterocycles. The fraction of sp³-hybridized carbons (Fsp3) is 0.318. The first kappa shape index (κ1) is 20.5. The van der Waals surface area contributed by atoms with E-state index in [9.17, 15) is 9.59 Å². The maximum atomic E-state index is 13.1. The van der Waals surface area contributed by atoms with Gasteiger partial charge < -0.3 is 19.4 Å². The Morgan fingerprint density at radius 2 is 2.13 bits per heavy atom. The van der Waals surface area contributed by atoms with E-state index in [-0.39, 0.29) is 18.0 Å². The van der Waals surface area contributed by atoms with Crippen molar-refractivity contribution in [2.75, 3.05) is 13.7 Å². The maximum Gasteiger partial charge on any atom is 0.263 e. The Morgan fingerprint density at radius 1 is 1.29 bits per heavy atom. The van der Waals surface area contributed by atoms with E-state index in [0.29, 0.717) is 53.7 Å². The first-order chi connectivity index (χ1) is 15.1. The number of rotatable bonds is 6.